The molecule has 0 fully saturated rings. The van der Waals surface area contributed by atoms with Crippen LogP contribution in [-0.4, -0.2) is 4.98 Å². The molecule has 0 unspecified atom stereocenters. The molecule has 3 nitrogen and oxygen atoms in total. The van der Waals surface area contributed by atoms with Gasteiger partial charge in [0.15, 0.2) is 0 Å². The number of aromatic amines is 1. The summed E-state index contributed by atoms with van der Waals surface area (Å²) in [6.45, 7) is 12.5. The third-order valence-electron chi connectivity index (χ3n) is 0.686. The molecule has 0 saturated heterocycles. The molecule has 0 amide bonds. The van der Waals surface area contributed by atoms with Gasteiger partial charge in [0.25, 0.3) is 0 Å². The fourth-order valence-electron chi connectivity index (χ4n) is 0.364. The summed E-state index contributed by atoms with van der Waals surface area (Å²) in [6, 6.07) is 3.83. The molecule has 4 heteroatoms. The molecule has 0 bridgehead atoms. The van der Waals surface area contributed by atoms with Crippen molar-refractivity contribution in [1.29, 1.82) is 0 Å². The molecular formula is C10H18N2OW-4. The van der Waals surface area contributed by atoms with Gasteiger partial charge in [-0.1, -0.05) is 13.8 Å². The molecule has 1 rings (SSSR count). The van der Waals surface area contributed by atoms with Crippen LogP contribution in [0.2, 0.25) is 0 Å². The predicted octanol–water partition coefficient (Wildman–Crippen LogP) is 3.51. The molecule has 0 aliphatic carbocycles. The molecule has 14 heavy (non-hydrogen) atoms. The molecule has 84 valence electrons. The zero-order valence-electron chi connectivity index (χ0n) is 9.04. The number of nitroso groups, excluding NO2 is 1. The molecule has 0 spiro atoms. The molecule has 0 saturated carbocycles. The minimum atomic E-state index is 0. The van der Waals surface area contributed by atoms with Gasteiger partial charge < -0.3 is 29.3 Å². The second-order valence-corrected chi connectivity index (χ2v) is 1.79. The maximum atomic E-state index is 7.25. The van der Waals surface area contributed by atoms with Crippen LogP contribution in [0.3, 0.4) is 0 Å². The molecule has 0 radical (unpaired) electrons. The van der Waals surface area contributed by atoms with Crippen LogP contribution in [0, 0.1) is 31.9 Å². The van der Waals surface area contributed by atoms with Gasteiger partial charge in [0.05, 0.1) is 0 Å². The van der Waals surface area contributed by atoms with Crippen LogP contribution < -0.4 is 0 Å². The van der Waals surface area contributed by atoms with E-state index in [1.54, 1.807) is 6.92 Å². The molecule has 0 aliphatic heterocycles. The van der Waals surface area contributed by atoms with Crippen molar-refractivity contribution in [3.63, 3.8) is 0 Å². The number of H-pyrrole nitrogens is 1. The summed E-state index contributed by atoms with van der Waals surface area (Å²) in [5.74, 6) is 0. The van der Waals surface area contributed by atoms with Gasteiger partial charge in [-0.15, -0.1) is 11.9 Å². The Morgan fingerprint density at radius 2 is 1.86 bits per heavy atom. The molecule has 1 N–H and O–H groups in total. The van der Waals surface area contributed by atoms with Gasteiger partial charge in [-0.3, -0.25) is 0 Å². The Bertz CT molecular complexity index is 144. The quantitative estimate of drug-likeness (QED) is 0.702. The molecular weight excluding hydrogens is 348 g/mol. The van der Waals surface area contributed by atoms with Crippen molar-refractivity contribution in [3.05, 3.63) is 48.4 Å². The summed E-state index contributed by atoms with van der Waals surface area (Å²) in [5.41, 5.74) is 6.91. The van der Waals surface area contributed by atoms with E-state index in [1.807, 2.05) is 26.0 Å². The second-order valence-electron chi connectivity index (χ2n) is 1.79. The van der Waals surface area contributed by atoms with Crippen molar-refractivity contribution in [1.82, 2.24) is 4.98 Å². The molecule has 0 aromatic carbocycles. The van der Waals surface area contributed by atoms with Gasteiger partial charge in [0.2, 0.25) is 0 Å². The van der Waals surface area contributed by atoms with Crippen LogP contribution in [0.5, 0.6) is 0 Å². The number of hydrogen-bond acceptors (Lipinski definition) is 1. The average Bonchev–Trinajstić information content (AvgIpc) is 2.64. The second kappa shape index (κ2) is 29.4. The Morgan fingerprint density at radius 1 is 1.50 bits per heavy atom. The number of aryl methyl sites for hydroxylation is 1. The summed E-state index contributed by atoms with van der Waals surface area (Å²) < 4.78 is 0. The Morgan fingerprint density at radius 3 is 1.93 bits per heavy atom. The predicted molar refractivity (Wildman–Crippen MR) is 57.8 cm³/mol. The van der Waals surface area contributed by atoms with Crippen molar-refractivity contribution in [2.24, 2.45) is 0 Å². The fraction of sp³-hybridized carbons (Fsp3) is 0.400. The van der Waals surface area contributed by atoms with E-state index in [1.165, 1.54) is 0 Å². The Kier molecular flexibility index (Phi) is 49.1. The number of rotatable bonds is 0. The normalized spacial score (nSPS) is 5.79. The minimum Gasteiger partial charge on any atom is -0.577 e. The smallest absolute Gasteiger partial charge is 0 e. The van der Waals surface area contributed by atoms with Gasteiger partial charge in [-0.2, -0.15) is 25.5 Å². The maximum Gasteiger partial charge on any atom is 0 e. The van der Waals surface area contributed by atoms with E-state index in [4.69, 9.17) is 10.5 Å². The van der Waals surface area contributed by atoms with Crippen molar-refractivity contribution < 1.29 is 21.1 Å². The van der Waals surface area contributed by atoms with Gasteiger partial charge in [0.1, 0.15) is 0 Å². The Labute approximate surface area is 102 Å². The van der Waals surface area contributed by atoms with Crippen LogP contribution >= 0.6 is 0 Å². The summed E-state index contributed by atoms with van der Waals surface area (Å²) in [5, 5.41) is 0. The third-order valence-corrected chi connectivity index (χ3v) is 0.686. The first-order valence-corrected chi connectivity index (χ1v) is 4.01. The first-order valence-electron chi connectivity index (χ1n) is 4.01. The zero-order valence-corrected chi connectivity index (χ0v) is 12.0. The van der Waals surface area contributed by atoms with E-state index in [9.17, 15) is 0 Å². The summed E-state index contributed by atoms with van der Waals surface area (Å²) in [6.07, 6.45) is 3.80. The average molecular weight is 366 g/mol. The van der Waals surface area contributed by atoms with Crippen molar-refractivity contribution in [2.75, 3.05) is 0 Å². The molecule has 0 aliphatic rings. The number of nitrogens with one attached hydrogen (secondary N) is 1. The van der Waals surface area contributed by atoms with Crippen LogP contribution in [0.15, 0.2) is 12.1 Å². The summed E-state index contributed by atoms with van der Waals surface area (Å²) >= 11 is 0. The molecule has 1 heterocycles. The third kappa shape index (κ3) is 29.9. The van der Waals surface area contributed by atoms with E-state index >= 15 is 0 Å². The first-order chi connectivity index (χ1) is 6.31. The minimum absolute atomic E-state index is 0. The Hall–Kier alpha value is -0.432. The maximum absolute atomic E-state index is 7.25. The van der Waals surface area contributed by atoms with Gasteiger partial charge in [-0.25, -0.2) is 0 Å². The topological polar surface area (TPSA) is 55.2 Å². The van der Waals surface area contributed by atoms with Gasteiger partial charge in [0, 0.05) is 21.1 Å². The van der Waals surface area contributed by atoms with Crippen LogP contribution in [0.4, 0.5) is 0 Å². The first kappa shape index (κ1) is 23.4. The summed E-state index contributed by atoms with van der Waals surface area (Å²) in [7, 11) is 0. The number of hydrogen-bond donors (Lipinski definition) is 1. The van der Waals surface area contributed by atoms with E-state index in [0.29, 0.717) is 0 Å². The monoisotopic (exact) mass is 366 g/mol. The van der Waals surface area contributed by atoms with E-state index < -0.39 is 0 Å². The molecule has 1 aromatic heterocycles. The fourth-order valence-corrected chi connectivity index (χ4v) is 0.364. The van der Waals surface area contributed by atoms with E-state index in [0.717, 1.165) is 12.1 Å². The van der Waals surface area contributed by atoms with E-state index in [-0.39, 0.29) is 21.1 Å². The van der Waals surface area contributed by atoms with Crippen molar-refractivity contribution in [2.45, 2.75) is 27.2 Å². The largest absolute Gasteiger partial charge is 0.577 e. The molecule has 0 atom stereocenters. The SMILES string of the molecule is Cc1cc[c-][nH]1.[CH2-]C.[CH2-]CC.[N-]=O.[W]. The van der Waals surface area contributed by atoms with Gasteiger partial charge >= 0.3 is 0 Å². The van der Waals surface area contributed by atoms with Crippen LogP contribution in [0.1, 0.15) is 26.0 Å². The van der Waals surface area contributed by atoms with Crippen LogP contribution in [-0.2, 0) is 21.1 Å². The summed E-state index contributed by atoms with van der Waals surface area (Å²) in [4.78, 5) is 10.1. The Balaban J connectivity index is -0.0000000549. The van der Waals surface area contributed by atoms with E-state index in [2.05, 4.69) is 25.0 Å². The van der Waals surface area contributed by atoms with Gasteiger partial charge in [-0.05, 0) is 0 Å². The number of nitrogens with zero attached hydrogens (tertiary/aromatic N) is 1. The van der Waals surface area contributed by atoms with Crippen molar-refractivity contribution >= 4 is 0 Å². The molecule has 1 aromatic rings. The standard InChI is InChI=1S/C5H6N.C3H7.C2H5.NO.W/c1-5-3-2-4-6-5;1-3-2;2*1-2;/h2-3,6H,1H3;1,3H2,2H3;1H2,2H3;;/q4*-1;. The number of aromatic nitrogens is 1. The zero-order chi connectivity index (χ0) is 11.1. The van der Waals surface area contributed by atoms with Crippen molar-refractivity contribution in [3.8, 4) is 0 Å². The van der Waals surface area contributed by atoms with Crippen LogP contribution in [0.25, 0.3) is 5.59 Å².